The number of benzene rings is 2. The zero-order valence-corrected chi connectivity index (χ0v) is 17.1. The topological polar surface area (TPSA) is 73.6 Å². The predicted molar refractivity (Wildman–Crippen MR) is 114 cm³/mol. The molecule has 0 unspecified atom stereocenters. The molecule has 1 aliphatic rings. The van der Waals surface area contributed by atoms with Crippen molar-refractivity contribution in [3.05, 3.63) is 53.6 Å². The van der Waals surface area contributed by atoms with E-state index < -0.39 is 0 Å². The van der Waals surface area contributed by atoms with Gasteiger partial charge in [-0.25, -0.2) is 0 Å². The number of aryl methyl sites for hydroxylation is 1. The van der Waals surface area contributed by atoms with Gasteiger partial charge in [0.15, 0.2) is 11.5 Å². The molecule has 2 aromatic rings. The number of hydrogen-bond donors (Lipinski definition) is 2. The van der Waals surface area contributed by atoms with Gasteiger partial charge in [0.2, 0.25) is 5.91 Å². The molecule has 0 saturated heterocycles. The summed E-state index contributed by atoms with van der Waals surface area (Å²) in [6, 6.07) is 13.4. The second kappa shape index (κ2) is 10.8. The Morgan fingerprint density at radius 1 is 1.11 bits per heavy atom. The van der Waals surface area contributed by atoms with Gasteiger partial charge in [-0.15, -0.1) is 12.4 Å². The van der Waals surface area contributed by atoms with Crippen molar-refractivity contribution in [1.29, 1.82) is 0 Å². The number of nitrogen functional groups attached to an aromatic ring is 1. The predicted octanol–water partition coefficient (Wildman–Crippen LogP) is 4.27. The average Bonchev–Trinajstić information content (AvgIpc) is 3.19. The second-order valence-corrected chi connectivity index (χ2v) is 6.95. The number of nitrogens with one attached hydrogen (secondary N) is 1. The molecule has 2 aromatic carbocycles. The van der Waals surface area contributed by atoms with Gasteiger partial charge in [0.25, 0.3) is 0 Å². The lowest BCUT2D eigenvalue weighted by molar-refractivity contribution is -0.121. The number of rotatable bonds is 8. The van der Waals surface area contributed by atoms with Crippen molar-refractivity contribution >= 4 is 24.0 Å². The fourth-order valence-electron chi connectivity index (χ4n) is 3.46. The number of nitrogens with two attached hydrogens (primary N) is 1. The summed E-state index contributed by atoms with van der Waals surface area (Å²) in [6.45, 7) is 0.419. The van der Waals surface area contributed by atoms with Gasteiger partial charge in [-0.1, -0.05) is 30.3 Å². The van der Waals surface area contributed by atoms with E-state index in [-0.39, 0.29) is 24.4 Å². The van der Waals surface area contributed by atoms with Crippen LogP contribution in [0.25, 0.3) is 0 Å². The molecule has 3 rings (SSSR count). The molecule has 3 N–H and O–H groups in total. The smallest absolute Gasteiger partial charge is 0.220 e. The summed E-state index contributed by atoms with van der Waals surface area (Å²) in [5, 5.41) is 2.99. The van der Waals surface area contributed by atoms with Gasteiger partial charge in [0, 0.05) is 24.2 Å². The van der Waals surface area contributed by atoms with Crippen LogP contribution in [0.1, 0.15) is 43.2 Å². The molecule has 0 bridgehead atoms. The van der Waals surface area contributed by atoms with Crippen LogP contribution in [-0.4, -0.2) is 19.1 Å². The Hall–Kier alpha value is -2.40. The van der Waals surface area contributed by atoms with Crippen molar-refractivity contribution in [3.8, 4) is 11.5 Å². The first-order chi connectivity index (χ1) is 13.2. The standard InChI is InChI=1S/C22H28N2O3.ClH/c1-26-20-12-6-8-17(22(20)27-18-9-3-4-10-18)15-24-21(25)14-13-16-7-2-5-11-19(16)23;/h2,5-8,11-12,18H,3-4,9-10,13-15,23H2,1H3,(H,24,25);1H. The molecule has 0 aromatic heterocycles. The summed E-state index contributed by atoms with van der Waals surface area (Å²) in [5.74, 6) is 1.46. The first-order valence-corrected chi connectivity index (χ1v) is 9.60. The number of carbonyl (C=O) groups is 1. The summed E-state index contributed by atoms with van der Waals surface area (Å²) in [4.78, 5) is 12.3. The van der Waals surface area contributed by atoms with Crippen molar-refractivity contribution in [3.63, 3.8) is 0 Å². The normalized spacial score (nSPS) is 13.6. The van der Waals surface area contributed by atoms with Crippen molar-refractivity contribution < 1.29 is 14.3 Å². The third-order valence-corrected chi connectivity index (χ3v) is 5.02. The number of hydrogen-bond acceptors (Lipinski definition) is 4. The molecular formula is C22H29ClN2O3. The number of methoxy groups -OCH3 is 1. The van der Waals surface area contributed by atoms with E-state index in [0.29, 0.717) is 25.1 Å². The van der Waals surface area contributed by atoms with Crippen LogP contribution < -0.4 is 20.5 Å². The van der Waals surface area contributed by atoms with Gasteiger partial charge in [0.05, 0.1) is 13.2 Å². The van der Waals surface area contributed by atoms with Crippen LogP contribution in [0.4, 0.5) is 5.69 Å². The molecule has 5 nitrogen and oxygen atoms in total. The quantitative estimate of drug-likeness (QED) is 0.644. The van der Waals surface area contributed by atoms with E-state index >= 15 is 0 Å². The van der Waals surface area contributed by atoms with Crippen LogP contribution >= 0.6 is 12.4 Å². The average molecular weight is 405 g/mol. The van der Waals surface area contributed by atoms with Gasteiger partial charge < -0.3 is 20.5 Å². The van der Waals surface area contributed by atoms with E-state index in [1.165, 1.54) is 12.8 Å². The maximum atomic E-state index is 12.3. The van der Waals surface area contributed by atoms with E-state index in [4.69, 9.17) is 15.2 Å². The molecule has 1 saturated carbocycles. The SMILES string of the molecule is COc1cccc(CNC(=O)CCc2ccccc2N)c1OC1CCCC1.Cl. The minimum Gasteiger partial charge on any atom is -0.493 e. The molecule has 1 fully saturated rings. The summed E-state index contributed by atoms with van der Waals surface area (Å²) in [7, 11) is 1.64. The molecule has 28 heavy (non-hydrogen) atoms. The third-order valence-electron chi connectivity index (χ3n) is 5.02. The Bertz CT molecular complexity index is 776. The Kier molecular flexibility index (Phi) is 8.45. The highest BCUT2D eigenvalue weighted by Crippen LogP contribution is 2.34. The van der Waals surface area contributed by atoms with Gasteiger partial charge in [0.1, 0.15) is 0 Å². The number of carbonyl (C=O) groups excluding carboxylic acids is 1. The Morgan fingerprint density at radius 3 is 2.54 bits per heavy atom. The molecular weight excluding hydrogens is 376 g/mol. The molecule has 152 valence electrons. The van der Waals surface area contributed by atoms with E-state index in [1.54, 1.807) is 7.11 Å². The second-order valence-electron chi connectivity index (χ2n) is 6.95. The highest BCUT2D eigenvalue weighted by molar-refractivity contribution is 5.85. The van der Waals surface area contributed by atoms with E-state index in [0.717, 1.165) is 35.4 Å². The zero-order chi connectivity index (χ0) is 19.1. The molecule has 0 aliphatic heterocycles. The largest absolute Gasteiger partial charge is 0.493 e. The lowest BCUT2D eigenvalue weighted by Gasteiger charge is -2.19. The molecule has 1 aliphatic carbocycles. The van der Waals surface area contributed by atoms with Crippen molar-refractivity contribution in [2.24, 2.45) is 0 Å². The Labute approximate surface area is 173 Å². The first-order valence-electron chi connectivity index (χ1n) is 9.60. The number of para-hydroxylation sites is 2. The summed E-state index contributed by atoms with van der Waals surface area (Å²) >= 11 is 0. The van der Waals surface area contributed by atoms with Crippen molar-refractivity contribution in [2.45, 2.75) is 51.2 Å². The number of halogens is 1. The van der Waals surface area contributed by atoms with Gasteiger partial charge >= 0.3 is 0 Å². The van der Waals surface area contributed by atoms with Gasteiger partial charge in [-0.3, -0.25) is 4.79 Å². The van der Waals surface area contributed by atoms with Crippen LogP contribution in [-0.2, 0) is 17.8 Å². The molecule has 0 radical (unpaired) electrons. The molecule has 1 amide bonds. The maximum absolute atomic E-state index is 12.3. The molecule has 0 spiro atoms. The molecule has 0 heterocycles. The van der Waals surface area contributed by atoms with Crippen molar-refractivity contribution in [1.82, 2.24) is 5.32 Å². The van der Waals surface area contributed by atoms with E-state index in [2.05, 4.69) is 5.32 Å². The molecule has 0 atom stereocenters. The monoisotopic (exact) mass is 404 g/mol. The summed E-state index contributed by atoms with van der Waals surface area (Å²) in [6.07, 6.45) is 5.81. The van der Waals surface area contributed by atoms with Crippen LogP contribution in [0.2, 0.25) is 0 Å². The van der Waals surface area contributed by atoms with Crippen LogP contribution in [0.15, 0.2) is 42.5 Å². The minimum atomic E-state index is -0.00658. The van der Waals surface area contributed by atoms with Gasteiger partial charge in [-0.05, 0) is 49.8 Å². The minimum absolute atomic E-state index is 0. The van der Waals surface area contributed by atoms with E-state index in [1.807, 2.05) is 42.5 Å². The fourth-order valence-corrected chi connectivity index (χ4v) is 3.46. The van der Waals surface area contributed by atoms with Crippen LogP contribution in [0.3, 0.4) is 0 Å². The Balaban J connectivity index is 0.00000280. The number of anilines is 1. The first kappa shape index (κ1) is 21.9. The van der Waals surface area contributed by atoms with E-state index in [9.17, 15) is 4.79 Å². The lowest BCUT2D eigenvalue weighted by atomic mass is 10.1. The highest BCUT2D eigenvalue weighted by atomic mass is 35.5. The Morgan fingerprint density at radius 2 is 1.82 bits per heavy atom. The third kappa shape index (κ3) is 5.80. The molecule has 6 heteroatoms. The maximum Gasteiger partial charge on any atom is 0.220 e. The van der Waals surface area contributed by atoms with Crippen LogP contribution in [0.5, 0.6) is 11.5 Å². The van der Waals surface area contributed by atoms with Gasteiger partial charge in [-0.2, -0.15) is 0 Å². The number of amides is 1. The van der Waals surface area contributed by atoms with Crippen molar-refractivity contribution in [2.75, 3.05) is 12.8 Å². The van der Waals surface area contributed by atoms with Crippen LogP contribution in [0, 0.1) is 0 Å². The fraction of sp³-hybridized carbons (Fsp3) is 0.409. The zero-order valence-electron chi connectivity index (χ0n) is 16.3. The highest BCUT2D eigenvalue weighted by Gasteiger charge is 2.20. The number of ether oxygens (including phenoxy) is 2. The summed E-state index contributed by atoms with van der Waals surface area (Å²) < 4.78 is 11.7. The summed E-state index contributed by atoms with van der Waals surface area (Å²) in [5.41, 5.74) is 8.60. The lowest BCUT2D eigenvalue weighted by Crippen LogP contribution is -2.24.